The Bertz CT molecular complexity index is 406. The third kappa shape index (κ3) is 3.07. The quantitative estimate of drug-likeness (QED) is 0.873. The fourth-order valence-electron chi connectivity index (χ4n) is 1.38. The zero-order valence-corrected chi connectivity index (χ0v) is 10.3. The summed E-state index contributed by atoms with van der Waals surface area (Å²) in [6.45, 7) is 0.394. The Kier molecular flexibility index (Phi) is 4.84. The van der Waals surface area contributed by atoms with Crippen molar-refractivity contribution < 1.29 is 23.0 Å². The molecule has 7 heteroatoms. The van der Waals surface area contributed by atoms with Crippen molar-refractivity contribution in [3.63, 3.8) is 0 Å². The molecule has 18 heavy (non-hydrogen) atoms. The Morgan fingerprint density at radius 2 is 2.11 bits per heavy atom. The Hall–Kier alpha value is -0.980. The molecule has 1 aromatic rings. The molecule has 0 aromatic heterocycles. The van der Waals surface area contributed by atoms with Crippen molar-refractivity contribution in [3.8, 4) is 5.75 Å². The molecule has 0 aliphatic carbocycles. The number of hydrogen-bond donors (Lipinski definition) is 2. The molecule has 0 aliphatic heterocycles. The first kappa shape index (κ1) is 15.1. The van der Waals surface area contributed by atoms with Crippen molar-refractivity contribution in [3.05, 3.63) is 28.5 Å². The number of rotatable bonds is 5. The van der Waals surface area contributed by atoms with Crippen molar-refractivity contribution in [1.29, 1.82) is 0 Å². The Balaban J connectivity index is 3.13. The number of alkyl halides is 2. The summed E-state index contributed by atoms with van der Waals surface area (Å²) in [5.41, 5.74) is 5.06. The molecule has 3 nitrogen and oxygen atoms in total. The molecule has 0 saturated carbocycles. The summed E-state index contributed by atoms with van der Waals surface area (Å²) in [5, 5.41) is 8.38. The number of hydrogen-bond acceptors (Lipinski definition) is 3. The maximum absolute atomic E-state index is 13.6. The first-order valence-electron chi connectivity index (χ1n) is 5.19. The van der Waals surface area contributed by atoms with Crippen LogP contribution in [-0.4, -0.2) is 24.2 Å². The van der Waals surface area contributed by atoms with Crippen LogP contribution in [0.25, 0.3) is 0 Å². The highest BCUT2D eigenvalue weighted by molar-refractivity contribution is 6.32. The van der Waals surface area contributed by atoms with Crippen molar-refractivity contribution in [2.24, 2.45) is 5.73 Å². The molecule has 0 amide bonds. The van der Waals surface area contributed by atoms with Gasteiger partial charge >= 0.3 is 0 Å². The van der Waals surface area contributed by atoms with Crippen LogP contribution >= 0.6 is 11.6 Å². The van der Waals surface area contributed by atoms with Crippen LogP contribution in [0, 0.1) is 5.82 Å². The van der Waals surface area contributed by atoms with Crippen LogP contribution in [0.4, 0.5) is 13.2 Å². The van der Waals surface area contributed by atoms with E-state index >= 15 is 0 Å². The lowest BCUT2D eigenvalue weighted by Crippen LogP contribution is -2.36. The van der Waals surface area contributed by atoms with E-state index in [-0.39, 0.29) is 22.9 Å². The van der Waals surface area contributed by atoms with E-state index < -0.39 is 24.4 Å². The molecule has 0 spiro atoms. The second kappa shape index (κ2) is 5.77. The lowest BCUT2D eigenvalue weighted by molar-refractivity contribution is -0.0712. The molecule has 3 N–H and O–H groups in total. The summed E-state index contributed by atoms with van der Waals surface area (Å²) in [5.74, 6) is -4.63. The summed E-state index contributed by atoms with van der Waals surface area (Å²) >= 11 is 5.72. The van der Waals surface area contributed by atoms with Crippen molar-refractivity contribution in [2.45, 2.75) is 18.9 Å². The molecular formula is C11H13ClF3NO2. The average molecular weight is 284 g/mol. The smallest absolute Gasteiger partial charge is 0.289 e. The molecular weight excluding hydrogens is 271 g/mol. The zero-order chi connectivity index (χ0) is 13.9. The van der Waals surface area contributed by atoms with Crippen molar-refractivity contribution in [2.75, 3.05) is 13.2 Å². The van der Waals surface area contributed by atoms with E-state index in [1.54, 1.807) is 6.92 Å². The predicted octanol–water partition coefficient (Wildman–Crippen LogP) is 2.51. The van der Waals surface area contributed by atoms with Gasteiger partial charge in [0.05, 0.1) is 17.7 Å². The maximum atomic E-state index is 13.6. The fraction of sp³-hybridized carbons (Fsp3) is 0.455. The summed E-state index contributed by atoms with van der Waals surface area (Å²) < 4.78 is 44.9. The van der Waals surface area contributed by atoms with E-state index in [2.05, 4.69) is 0 Å². The summed E-state index contributed by atoms with van der Waals surface area (Å²) in [4.78, 5) is 0. The first-order chi connectivity index (χ1) is 8.33. The van der Waals surface area contributed by atoms with E-state index in [1.807, 2.05) is 0 Å². The van der Waals surface area contributed by atoms with Gasteiger partial charge in [-0.05, 0) is 24.6 Å². The normalized spacial score (nSPS) is 13.5. The van der Waals surface area contributed by atoms with Gasteiger partial charge in [0.1, 0.15) is 6.61 Å². The largest absolute Gasteiger partial charge is 0.489 e. The van der Waals surface area contributed by atoms with Gasteiger partial charge in [0.15, 0.2) is 11.6 Å². The van der Waals surface area contributed by atoms with Gasteiger partial charge in [-0.3, -0.25) is 0 Å². The van der Waals surface area contributed by atoms with E-state index in [4.69, 9.17) is 27.2 Å². The minimum Gasteiger partial charge on any atom is -0.489 e. The molecule has 0 unspecified atom stereocenters. The third-order valence-corrected chi connectivity index (χ3v) is 2.61. The number of benzene rings is 1. The van der Waals surface area contributed by atoms with Crippen LogP contribution in [0.2, 0.25) is 5.02 Å². The predicted molar refractivity (Wildman–Crippen MR) is 61.5 cm³/mol. The lowest BCUT2D eigenvalue weighted by Gasteiger charge is -2.22. The minimum atomic E-state index is -3.55. The molecule has 0 bridgehead atoms. The standard InChI is InChI=1S/C11H13ClF3NO2/c1-2-18-9-7(12)3-6(4-8(9)13)10(16)11(14,15)5-17/h3-4,10,17H,2,5,16H2,1H3/t10-/m1/s1. The van der Waals surface area contributed by atoms with E-state index in [0.29, 0.717) is 0 Å². The monoisotopic (exact) mass is 283 g/mol. The molecule has 0 saturated heterocycles. The Morgan fingerprint density at radius 3 is 2.56 bits per heavy atom. The highest BCUT2D eigenvalue weighted by Gasteiger charge is 2.38. The van der Waals surface area contributed by atoms with Gasteiger partial charge in [0.25, 0.3) is 5.92 Å². The van der Waals surface area contributed by atoms with Crippen LogP contribution in [0.5, 0.6) is 5.75 Å². The van der Waals surface area contributed by atoms with Gasteiger partial charge in [-0.15, -0.1) is 0 Å². The molecule has 1 rings (SSSR count). The fourth-order valence-corrected chi connectivity index (χ4v) is 1.65. The van der Waals surface area contributed by atoms with Gasteiger partial charge in [0, 0.05) is 0 Å². The lowest BCUT2D eigenvalue weighted by atomic mass is 10.0. The number of halogens is 4. The maximum Gasteiger partial charge on any atom is 0.289 e. The van der Waals surface area contributed by atoms with Crippen LogP contribution < -0.4 is 10.5 Å². The van der Waals surface area contributed by atoms with Crippen LogP contribution in [0.1, 0.15) is 18.5 Å². The molecule has 1 atom stereocenters. The summed E-state index contributed by atoms with van der Waals surface area (Å²) in [7, 11) is 0. The zero-order valence-electron chi connectivity index (χ0n) is 9.59. The summed E-state index contributed by atoms with van der Waals surface area (Å²) in [6.07, 6.45) is 0. The second-order valence-electron chi connectivity index (χ2n) is 3.64. The first-order valence-corrected chi connectivity index (χ1v) is 5.57. The van der Waals surface area contributed by atoms with E-state index in [1.165, 1.54) is 0 Å². The molecule has 0 heterocycles. The van der Waals surface area contributed by atoms with Gasteiger partial charge in [-0.25, -0.2) is 13.2 Å². The summed E-state index contributed by atoms with van der Waals surface area (Å²) in [6, 6.07) is 0.0831. The molecule has 0 radical (unpaired) electrons. The topological polar surface area (TPSA) is 55.5 Å². The minimum absolute atomic E-state index is 0.143. The van der Waals surface area contributed by atoms with E-state index in [0.717, 1.165) is 12.1 Å². The van der Waals surface area contributed by atoms with Gasteiger partial charge in [-0.1, -0.05) is 11.6 Å². The van der Waals surface area contributed by atoms with Crippen LogP contribution in [0.15, 0.2) is 12.1 Å². The Labute approximate surface area is 107 Å². The van der Waals surface area contributed by atoms with Crippen molar-refractivity contribution in [1.82, 2.24) is 0 Å². The second-order valence-corrected chi connectivity index (χ2v) is 4.05. The Morgan fingerprint density at radius 1 is 1.50 bits per heavy atom. The average Bonchev–Trinajstić information content (AvgIpc) is 2.32. The molecule has 0 aliphatic rings. The van der Waals surface area contributed by atoms with E-state index in [9.17, 15) is 13.2 Å². The molecule has 0 fully saturated rings. The van der Waals surface area contributed by atoms with Gasteiger partial charge in [-0.2, -0.15) is 0 Å². The van der Waals surface area contributed by atoms with Gasteiger partial charge < -0.3 is 15.6 Å². The SMILES string of the molecule is CCOc1c(F)cc([C@@H](N)C(F)(F)CO)cc1Cl. The number of aliphatic hydroxyl groups excluding tert-OH is 1. The highest BCUT2D eigenvalue weighted by atomic mass is 35.5. The molecule has 102 valence electrons. The number of nitrogens with two attached hydrogens (primary N) is 1. The van der Waals surface area contributed by atoms with Crippen LogP contribution in [0.3, 0.4) is 0 Å². The number of ether oxygens (including phenoxy) is 1. The third-order valence-electron chi connectivity index (χ3n) is 2.33. The molecule has 1 aromatic carbocycles. The van der Waals surface area contributed by atoms with Gasteiger partial charge in [0.2, 0.25) is 0 Å². The highest BCUT2D eigenvalue weighted by Crippen LogP contribution is 2.35. The van der Waals surface area contributed by atoms with Crippen molar-refractivity contribution >= 4 is 11.6 Å². The number of aliphatic hydroxyl groups is 1. The van der Waals surface area contributed by atoms with Crippen LogP contribution in [-0.2, 0) is 0 Å².